The fourth-order valence-electron chi connectivity index (χ4n) is 4.39. The van der Waals surface area contributed by atoms with Crippen LogP contribution in [0.5, 0.6) is 0 Å². The van der Waals surface area contributed by atoms with E-state index in [1.165, 1.54) is 35.2 Å². The van der Waals surface area contributed by atoms with Crippen molar-refractivity contribution in [1.29, 1.82) is 0 Å². The fourth-order valence-corrected chi connectivity index (χ4v) is 6.27. The van der Waals surface area contributed by atoms with Crippen LogP contribution in [0.4, 0.5) is 15.8 Å². The van der Waals surface area contributed by atoms with Crippen LogP contribution in [0.15, 0.2) is 69.8 Å². The van der Waals surface area contributed by atoms with Gasteiger partial charge in [-0.05, 0) is 41.3 Å². The van der Waals surface area contributed by atoms with E-state index in [-0.39, 0.29) is 39.8 Å². The molecule has 0 saturated carbocycles. The highest BCUT2D eigenvalue weighted by Crippen LogP contribution is 2.42. The molecule has 0 bridgehead atoms. The minimum atomic E-state index is -4.10. The third kappa shape index (κ3) is 4.96. The number of sulfonamides is 1. The third-order valence-corrected chi connectivity index (χ3v) is 7.89. The van der Waals surface area contributed by atoms with Crippen molar-refractivity contribution in [1.82, 2.24) is 4.90 Å². The van der Waals surface area contributed by atoms with Gasteiger partial charge < -0.3 is 15.3 Å². The first-order valence-corrected chi connectivity index (χ1v) is 14.4. The molecule has 0 fully saturated rings. The average Bonchev–Trinajstić information content (AvgIpc) is 2.98. The molecule has 1 atom stereocenters. The van der Waals surface area contributed by atoms with Gasteiger partial charge in [0, 0.05) is 12.2 Å². The van der Waals surface area contributed by atoms with Gasteiger partial charge in [0.05, 0.1) is 34.0 Å². The van der Waals surface area contributed by atoms with E-state index in [1.807, 2.05) is 20.8 Å². The highest BCUT2D eigenvalue weighted by molar-refractivity contribution is 7.94. The number of aliphatic hydroxyl groups excluding tert-OH is 1. The Bertz CT molecular complexity index is 1520. The summed E-state index contributed by atoms with van der Waals surface area (Å²) in [5.41, 5.74) is -0.0452. The maximum atomic E-state index is 13.6. The lowest BCUT2D eigenvalue weighted by molar-refractivity contribution is -0.129. The van der Waals surface area contributed by atoms with Gasteiger partial charge in [-0.3, -0.25) is 9.52 Å². The third-order valence-electron chi connectivity index (χ3n) is 5.79. The average molecular weight is 536 g/mol. The molecule has 9 nitrogen and oxygen atoms in total. The second-order valence-corrected chi connectivity index (χ2v) is 13.4. The Hall–Kier alpha value is -3.38. The molecule has 192 valence electrons. The number of fused-ring (bicyclic) bond motifs is 1. The van der Waals surface area contributed by atoms with Crippen LogP contribution in [0.2, 0.25) is 0 Å². The van der Waals surface area contributed by atoms with Crippen LogP contribution in [0.3, 0.4) is 0 Å². The van der Waals surface area contributed by atoms with Crippen LogP contribution in [-0.2, 0) is 31.2 Å². The molecule has 2 aromatic carbocycles. The highest BCUT2D eigenvalue weighted by atomic mass is 32.2. The Balaban J connectivity index is 1.74. The summed E-state index contributed by atoms with van der Waals surface area (Å²) < 4.78 is 64.9. The fraction of sp³-hybridized carbons (Fsp3) is 0.292. The number of anilines is 2. The first kappa shape index (κ1) is 25.7. The quantitative estimate of drug-likeness (QED) is 0.534. The van der Waals surface area contributed by atoms with Gasteiger partial charge in [-0.1, -0.05) is 32.9 Å². The highest BCUT2D eigenvalue weighted by Gasteiger charge is 2.47. The zero-order valence-corrected chi connectivity index (χ0v) is 21.7. The summed E-state index contributed by atoms with van der Waals surface area (Å²) in [4.78, 5) is 14.8. The molecule has 0 aromatic heterocycles. The second-order valence-electron chi connectivity index (χ2n) is 9.88. The van der Waals surface area contributed by atoms with Crippen LogP contribution in [0.1, 0.15) is 26.3 Å². The van der Waals surface area contributed by atoms with Crippen molar-refractivity contribution in [2.24, 2.45) is 5.41 Å². The molecule has 0 radical (unpaired) electrons. The van der Waals surface area contributed by atoms with Crippen LogP contribution in [-0.4, -0.2) is 45.0 Å². The summed E-state index contributed by atoms with van der Waals surface area (Å²) in [6.07, 6.45) is 0.946. The monoisotopic (exact) mass is 535 g/mol. The number of nitrogens with one attached hydrogen (secondary N) is 2. The summed E-state index contributed by atoms with van der Waals surface area (Å²) in [5, 5.41) is 14.9. The second kappa shape index (κ2) is 8.63. The molecule has 2 aromatic rings. The number of aliphatic hydroxyl groups is 1. The van der Waals surface area contributed by atoms with Crippen molar-refractivity contribution in [3.05, 3.63) is 76.3 Å². The lowest BCUT2D eigenvalue weighted by Gasteiger charge is -2.35. The predicted molar refractivity (Wildman–Crippen MR) is 134 cm³/mol. The maximum Gasteiger partial charge on any atom is 0.260 e. The van der Waals surface area contributed by atoms with Crippen LogP contribution in [0.25, 0.3) is 0 Å². The standard InChI is InChI=1S/C24H26FN3O6S2/c1-24(2,3)22-21(29)20(23(30)28(22)12-14-5-7-15(25)8-6-14)18-13-36(33,34)19-11-16(27-35(4,31)32)9-10-17(19)26-18/h5-11,13,22,26-27,29H,12H2,1-4H3. The molecule has 2 aliphatic heterocycles. The summed E-state index contributed by atoms with van der Waals surface area (Å²) in [5.74, 6) is -1.28. The molecule has 2 aliphatic rings. The number of halogens is 1. The maximum absolute atomic E-state index is 13.6. The summed E-state index contributed by atoms with van der Waals surface area (Å²) in [6.45, 7) is 5.60. The van der Waals surface area contributed by atoms with Crippen molar-refractivity contribution in [2.75, 3.05) is 16.3 Å². The molecule has 1 unspecified atom stereocenters. The van der Waals surface area contributed by atoms with Crippen LogP contribution < -0.4 is 10.0 Å². The number of hydrogen-bond acceptors (Lipinski definition) is 7. The number of benzene rings is 2. The van der Waals surface area contributed by atoms with Gasteiger partial charge >= 0.3 is 0 Å². The smallest absolute Gasteiger partial charge is 0.260 e. The molecule has 0 saturated heterocycles. The van der Waals surface area contributed by atoms with Crippen LogP contribution in [0, 0.1) is 11.2 Å². The van der Waals surface area contributed by atoms with Gasteiger partial charge in [-0.15, -0.1) is 0 Å². The molecule has 36 heavy (non-hydrogen) atoms. The predicted octanol–water partition coefficient (Wildman–Crippen LogP) is 3.51. The molecular formula is C24H26FN3O6S2. The normalized spacial score (nSPS) is 19.6. The van der Waals surface area contributed by atoms with E-state index in [9.17, 15) is 31.1 Å². The van der Waals surface area contributed by atoms with Gasteiger partial charge in [0.25, 0.3) is 5.91 Å². The van der Waals surface area contributed by atoms with E-state index in [4.69, 9.17) is 0 Å². The van der Waals surface area contributed by atoms with E-state index < -0.39 is 43.0 Å². The topological polar surface area (TPSA) is 133 Å². The summed E-state index contributed by atoms with van der Waals surface area (Å²) >= 11 is 0. The zero-order valence-electron chi connectivity index (χ0n) is 20.0. The minimum absolute atomic E-state index is 0.0655. The molecule has 1 amide bonds. The van der Waals surface area contributed by atoms with E-state index in [0.29, 0.717) is 5.56 Å². The first-order valence-electron chi connectivity index (χ1n) is 10.9. The Morgan fingerprint density at radius 1 is 1.14 bits per heavy atom. The largest absolute Gasteiger partial charge is 0.509 e. The molecule has 0 aliphatic carbocycles. The number of carbonyl (C=O) groups is 1. The summed E-state index contributed by atoms with van der Waals surface area (Å²) in [7, 11) is -7.73. The molecule has 12 heteroatoms. The number of sulfone groups is 1. The number of carbonyl (C=O) groups excluding carboxylic acids is 1. The Kier molecular flexibility index (Phi) is 6.16. The van der Waals surface area contributed by atoms with Crippen LogP contribution >= 0.6 is 0 Å². The van der Waals surface area contributed by atoms with Gasteiger partial charge in [0.15, 0.2) is 0 Å². The number of hydrogen-bond donors (Lipinski definition) is 3. The lowest BCUT2D eigenvalue weighted by atomic mass is 9.85. The van der Waals surface area contributed by atoms with Gasteiger partial charge in [-0.25, -0.2) is 21.2 Å². The lowest BCUT2D eigenvalue weighted by Crippen LogP contribution is -2.43. The number of rotatable bonds is 5. The van der Waals surface area contributed by atoms with E-state index in [1.54, 1.807) is 12.1 Å². The SMILES string of the molecule is CC(C)(C)C1C(O)=C(C2=CS(=O)(=O)c3cc(NS(C)(=O)=O)ccc3N2)C(=O)N1Cc1ccc(F)cc1. The Labute approximate surface area is 209 Å². The molecular weight excluding hydrogens is 509 g/mol. The molecule has 0 spiro atoms. The van der Waals surface area contributed by atoms with E-state index >= 15 is 0 Å². The molecule has 3 N–H and O–H groups in total. The molecule has 2 heterocycles. The Morgan fingerprint density at radius 2 is 1.78 bits per heavy atom. The van der Waals surface area contributed by atoms with Crippen molar-refractivity contribution < 1.29 is 31.1 Å². The van der Waals surface area contributed by atoms with Gasteiger partial charge in [-0.2, -0.15) is 0 Å². The number of nitrogens with zero attached hydrogens (tertiary/aromatic N) is 1. The molecule has 4 rings (SSSR count). The first-order chi connectivity index (χ1) is 16.6. The minimum Gasteiger partial charge on any atom is -0.509 e. The van der Waals surface area contributed by atoms with Gasteiger partial charge in [0.2, 0.25) is 19.9 Å². The van der Waals surface area contributed by atoms with E-state index in [2.05, 4.69) is 10.0 Å². The van der Waals surface area contributed by atoms with Crippen molar-refractivity contribution >= 4 is 37.1 Å². The summed E-state index contributed by atoms with van der Waals surface area (Å²) in [6, 6.07) is 8.80. The number of amides is 1. The zero-order chi connectivity index (χ0) is 26.6. The van der Waals surface area contributed by atoms with E-state index in [0.717, 1.165) is 11.7 Å². The van der Waals surface area contributed by atoms with Crippen molar-refractivity contribution in [3.8, 4) is 0 Å². The van der Waals surface area contributed by atoms with Crippen molar-refractivity contribution in [2.45, 2.75) is 38.3 Å². The van der Waals surface area contributed by atoms with Crippen molar-refractivity contribution in [3.63, 3.8) is 0 Å². The Morgan fingerprint density at radius 3 is 2.36 bits per heavy atom. The van der Waals surface area contributed by atoms with Gasteiger partial charge in [0.1, 0.15) is 17.1 Å².